The van der Waals surface area contributed by atoms with Crippen LogP contribution in [0.1, 0.15) is 40.5 Å². The normalized spacial score (nSPS) is 15.3. The molecule has 4 rings (SSSR count). The van der Waals surface area contributed by atoms with Crippen molar-refractivity contribution in [3.05, 3.63) is 64.3 Å². The highest BCUT2D eigenvalue weighted by molar-refractivity contribution is 7.90. The van der Waals surface area contributed by atoms with Gasteiger partial charge in [-0.1, -0.05) is 11.6 Å². The van der Waals surface area contributed by atoms with Gasteiger partial charge in [0.25, 0.3) is 5.91 Å². The summed E-state index contributed by atoms with van der Waals surface area (Å²) < 4.78 is 23.6. The predicted octanol–water partition coefficient (Wildman–Crippen LogP) is 3.96. The van der Waals surface area contributed by atoms with E-state index in [4.69, 9.17) is 11.6 Å². The van der Waals surface area contributed by atoms with Crippen molar-refractivity contribution in [2.75, 3.05) is 30.0 Å². The molecular formula is C24H27ClN4O4S. The summed E-state index contributed by atoms with van der Waals surface area (Å²) in [7, 11) is -3.22. The number of aromatic amines is 1. The second-order valence-electron chi connectivity index (χ2n) is 8.64. The van der Waals surface area contributed by atoms with Gasteiger partial charge >= 0.3 is 6.03 Å². The second-order valence-corrected chi connectivity index (χ2v) is 11.3. The van der Waals surface area contributed by atoms with E-state index < -0.39 is 15.9 Å². The second kappa shape index (κ2) is 9.68. The standard InChI is InChI=1S/C24H27ClN4O4S/c1-15-12-16(4-7-22(15)29-10-3-9-26-24(29)31)23(30)28-20(8-11-34(2,32)33)21-14-17-13-18(25)5-6-19(17)27-21/h4-7,12-14,20,27H,3,8-11H2,1-2H3,(H,26,31)(H,28,30). The average molecular weight is 503 g/mol. The van der Waals surface area contributed by atoms with Crippen LogP contribution in [0.15, 0.2) is 42.5 Å². The number of carbonyl (C=O) groups is 2. The summed E-state index contributed by atoms with van der Waals surface area (Å²) in [6.45, 7) is 3.14. The molecule has 8 nitrogen and oxygen atoms in total. The summed E-state index contributed by atoms with van der Waals surface area (Å²) in [5.41, 5.74) is 3.54. The van der Waals surface area contributed by atoms with Gasteiger partial charge in [-0.3, -0.25) is 9.69 Å². The molecule has 1 saturated heterocycles. The largest absolute Gasteiger partial charge is 0.357 e. The van der Waals surface area contributed by atoms with Crippen molar-refractivity contribution in [2.45, 2.75) is 25.8 Å². The number of amides is 3. The minimum atomic E-state index is -3.22. The third-order valence-corrected chi connectivity index (χ3v) is 7.10. The van der Waals surface area contributed by atoms with E-state index in [2.05, 4.69) is 15.6 Å². The maximum Gasteiger partial charge on any atom is 0.321 e. The summed E-state index contributed by atoms with van der Waals surface area (Å²) in [5.74, 6) is -0.399. The van der Waals surface area contributed by atoms with Crippen molar-refractivity contribution in [1.82, 2.24) is 15.6 Å². The molecule has 3 N–H and O–H groups in total. The van der Waals surface area contributed by atoms with E-state index in [1.807, 2.05) is 25.1 Å². The highest BCUT2D eigenvalue weighted by atomic mass is 35.5. The van der Waals surface area contributed by atoms with Gasteiger partial charge in [-0.25, -0.2) is 13.2 Å². The fourth-order valence-corrected chi connectivity index (χ4v) is 5.00. The number of hydrogen-bond donors (Lipinski definition) is 3. The zero-order chi connectivity index (χ0) is 24.5. The van der Waals surface area contributed by atoms with Gasteiger partial charge in [-0.2, -0.15) is 0 Å². The highest BCUT2D eigenvalue weighted by Gasteiger charge is 2.23. The van der Waals surface area contributed by atoms with Crippen molar-refractivity contribution in [2.24, 2.45) is 0 Å². The topological polar surface area (TPSA) is 111 Å². The van der Waals surface area contributed by atoms with Crippen LogP contribution >= 0.6 is 11.6 Å². The number of aromatic nitrogens is 1. The number of benzene rings is 2. The molecule has 3 amide bonds. The van der Waals surface area contributed by atoms with E-state index in [0.717, 1.165) is 28.6 Å². The van der Waals surface area contributed by atoms with E-state index in [-0.39, 0.29) is 24.1 Å². The lowest BCUT2D eigenvalue weighted by Gasteiger charge is -2.29. The van der Waals surface area contributed by atoms with Gasteiger partial charge < -0.3 is 15.6 Å². The van der Waals surface area contributed by atoms with Crippen LogP contribution in [-0.2, 0) is 9.84 Å². The first-order chi connectivity index (χ1) is 16.1. The predicted molar refractivity (Wildman–Crippen MR) is 134 cm³/mol. The van der Waals surface area contributed by atoms with Gasteiger partial charge in [0.05, 0.1) is 11.8 Å². The highest BCUT2D eigenvalue weighted by Crippen LogP contribution is 2.27. The van der Waals surface area contributed by atoms with Crippen LogP contribution in [0.3, 0.4) is 0 Å². The molecule has 0 spiro atoms. The van der Waals surface area contributed by atoms with E-state index in [0.29, 0.717) is 29.4 Å². The maximum atomic E-state index is 13.1. The first-order valence-electron chi connectivity index (χ1n) is 11.0. The number of fused-ring (bicyclic) bond motifs is 1. The third-order valence-electron chi connectivity index (χ3n) is 5.89. The number of hydrogen-bond acceptors (Lipinski definition) is 4. The Kier molecular flexibility index (Phi) is 6.86. The van der Waals surface area contributed by atoms with Crippen molar-refractivity contribution in [3.63, 3.8) is 0 Å². The number of anilines is 1. The number of H-pyrrole nitrogens is 1. The Labute approximate surface area is 203 Å². The molecule has 0 saturated carbocycles. The van der Waals surface area contributed by atoms with Crippen LogP contribution in [0.2, 0.25) is 5.02 Å². The summed E-state index contributed by atoms with van der Waals surface area (Å²) in [5, 5.41) is 7.27. The molecule has 1 unspecified atom stereocenters. The molecule has 0 aliphatic carbocycles. The fraction of sp³-hybridized carbons (Fsp3) is 0.333. The molecule has 34 heavy (non-hydrogen) atoms. The van der Waals surface area contributed by atoms with Crippen LogP contribution in [0, 0.1) is 6.92 Å². The average Bonchev–Trinajstić information content (AvgIpc) is 3.19. The quantitative estimate of drug-likeness (QED) is 0.454. The third kappa shape index (κ3) is 5.53. The summed E-state index contributed by atoms with van der Waals surface area (Å²) in [6, 6.07) is 11.8. The monoisotopic (exact) mass is 502 g/mol. The lowest BCUT2D eigenvalue weighted by atomic mass is 10.1. The van der Waals surface area contributed by atoms with Gasteiger partial charge in [-0.05, 0) is 67.8 Å². The number of urea groups is 1. The van der Waals surface area contributed by atoms with Gasteiger partial charge in [0.2, 0.25) is 0 Å². The van der Waals surface area contributed by atoms with Crippen LogP contribution in [0.4, 0.5) is 10.5 Å². The number of halogens is 1. The Morgan fingerprint density at radius 3 is 2.71 bits per heavy atom. The summed E-state index contributed by atoms with van der Waals surface area (Å²) in [6.07, 6.45) is 2.25. The number of carbonyl (C=O) groups excluding carboxylic acids is 2. The van der Waals surface area contributed by atoms with Gasteiger partial charge in [0.1, 0.15) is 9.84 Å². The minimum Gasteiger partial charge on any atom is -0.357 e. The molecule has 1 aromatic heterocycles. The Morgan fingerprint density at radius 2 is 2.00 bits per heavy atom. The first-order valence-corrected chi connectivity index (χ1v) is 13.5. The number of nitrogens with zero attached hydrogens (tertiary/aromatic N) is 1. The molecule has 1 aliphatic heterocycles. The van der Waals surface area contributed by atoms with Gasteiger partial charge in [-0.15, -0.1) is 0 Å². The first kappa shape index (κ1) is 24.1. The van der Waals surface area contributed by atoms with E-state index in [1.165, 1.54) is 6.26 Å². The molecule has 10 heteroatoms. The maximum absolute atomic E-state index is 13.1. The smallest absolute Gasteiger partial charge is 0.321 e. The zero-order valence-corrected chi connectivity index (χ0v) is 20.6. The fourth-order valence-electron chi connectivity index (χ4n) is 4.15. The molecule has 1 aliphatic rings. The van der Waals surface area contributed by atoms with Crippen LogP contribution in [0.5, 0.6) is 0 Å². The Hall–Kier alpha value is -3.04. The minimum absolute atomic E-state index is 0.0733. The molecule has 1 atom stereocenters. The molecule has 0 radical (unpaired) electrons. The molecule has 2 aromatic carbocycles. The molecular weight excluding hydrogens is 476 g/mol. The number of rotatable bonds is 7. The summed E-state index contributed by atoms with van der Waals surface area (Å²) in [4.78, 5) is 30.3. The van der Waals surface area contributed by atoms with Crippen molar-refractivity contribution >= 4 is 50.0 Å². The molecule has 180 valence electrons. The number of nitrogens with one attached hydrogen (secondary N) is 3. The zero-order valence-electron chi connectivity index (χ0n) is 19.0. The molecule has 3 aromatic rings. The Balaban J connectivity index is 1.58. The Bertz CT molecular complexity index is 1350. The number of sulfone groups is 1. The lowest BCUT2D eigenvalue weighted by molar-refractivity contribution is 0.0935. The Morgan fingerprint density at radius 1 is 1.21 bits per heavy atom. The van der Waals surface area contributed by atoms with Crippen LogP contribution in [0.25, 0.3) is 10.9 Å². The van der Waals surface area contributed by atoms with Crippen LogP contribution < -0.4 is 15.5 Å². The number of aryl methyl sites for hydroxylation is 1. The molecule has 0 bridgehead atoms. The van der Waals surface area contributed by atoms with E-state index in [9.17, 15) is 18.0 Å². The van der Waals surface area contributed by atoms with E-state index >= 15 is 0 Å². The van der Waals surface area contributed by atoms with Crippen molar-refractivity contribution in [3.8, 4) is 0 Å². The molecule has 1 fully saturated rings. The van der Waals surface area contributed by atoms with Gasteiger partial charge in [0.15, 0.2) is 0 Å². The molecule has 2 heterocycles. The van der Waals surface area contributed by atoms with Crippen molar-refractivity contribution < 1.29 is 18.0 Å². The van der Waals surface area contributed by atoms with Crippen molar-refractivity contribution in [1.29, 1.82) is 0 Å². The SMILES string of the molecule is Cc1cc(C(=O)NC(CCS(C)(=O)=O)c2cc3cc(Cl)ccc3[nH]2)ccc1N1CCCNC1=O. The summed E-state index contributed by atoms with van der Waals surface area (Å²) >= 11 is 6.09. The van der Waals surface area contributed by atoms with E-state index in [1.54, 1.807) is 29.2 Å². The van der Waals surface area contributed by atoms with Gasteiger partial charge in [0, 0.05) is 52.2 Å². The lowest BCUT2D eigenvalue weighted by Crippen LogP contribution is -2.46. The van der Waals surface area contributed by atoms with Crippen LogP contribution in [-0.4, -0.2) is 50.4 Å².